The second-order valence-corrected chi connectivity index (χ2v) is 8.23. The van der Waals surface area contributed by atoms with Gasteiger partial charge < -0.3 is 5.11 Å². The van der Waals surface area contributed by atoms with Crippen LogP contribution in [0, 0.1) is 0 Å². The van der Waals surface area contributed by atoms with Gasteiger partial charge in [-0.05, 0) is 30.7 Å². The van der Waals surface area contributed by atoms with Gasteiger partial charge in [0, 0.05) is 6.54 Å². The number of hydrogen-bond donors (Lipinski definition) is 2. The maximum absolute atomic E-state index is 11.8. The van der Waals surface area contributed by atoms with Crippen molar-refractivity contribution in [2.45, 2.75) is 11.3 Å². The van der Waals surface area contributed by atoms with Crippen LogP contribution in [-0.2, 0) is 24.8 Å². The van der Waals surface area contributed by atoms with Gasteiger partial charge in [-0.25, -0.2) is 16.8 Å². The van der Waals surface area contributed by atoms with Gasteiger partial charge in [-0.1, -0.05) is 0 Å². The van der Waals surface area contributed by atoms with E-state index < -0.39 is 32.6 Å². The Bertz CT molecular complexity index is 739. The number of carboxylic acids is 1. The van der Waals surface area contributed by atoms with E-state index in [-0.39, 0.29) is 10.6 Å². The Labute approximate surface area is 122 Å². The fourth-order valence-electron chi connectivity index (χ4n) is 1.96. The van der Waals surface area contributed by atoms with E-state index in [4.69, 9.17) is 5.11 Å². The molecule has 1 aliphatic heterocycles. The maximum Gasteiger partial charge on any atom is 0.318 e. The lowest BCUT2D eigenvalue weighted by Crippen LogP contribution is -2.29. The predicted octanol–water partition coefficient (Wildman–Crippen LogP) is -0.411. The van der Waals surface area contributed by atoms with Gasteiger partial charge in [-0.15, -0.1) is 0 Å². The van der Waals surface area contributed by atoms with Crippen LogP contribution in [0.1, 0.15) is 6.42 Å². The first kappa shape index (κ1) is 15.7. The van der Waals surface area contributed by atoms with Gasteiger partial charge in [-0.3, -0.25) is 9.10 Å². The minimum Gasteiger partial charge on any atom is -0.480 e. The smallest absolute Gasteiger partial charge is 0.318 e. The minimum atomic E-state index is -3.92. The molecule has 1 heterocycles. The van der Waals surface area contributed by atoms with Gasteiger partial charge in [0.2, 0.25) is 20.0 Å². The van der Waals surface area contributed by atoms with Gasteiger partial charge in [0.25, 0.3) is 0 Å². The van der Waals surface area contributed by atoms with E-state index in [1.165, 1.54) is 28.6 Å². The number of anilines is 1. The van der Waals surface area contributed by atoms with Crippen molar-refractivity contribution in [1.82, 2.24) is 4.72 Å². The molecule has 21 heavy (non-hydrogen) atoms. The van der Waals surface area contributed by atoms with Crippen LogP contribution in [0.3, 0.4) is 0 Å². The molecular weight excluding hydrogens is 320 g/mol. The molecule has 0 amide bonds. The Balaban J connectivity index is 2.21. The average molecular weight is 334 g/mol. The van der Waals surface area contributed by atoms with E-state index >= 15 is 0 Å². The molecule has 1 fully saturated rings. The third-order valence-electron chi connectivity index (χ3n) is 2.95. The fraction of sp³-hybridized carbons (Fsp3) is 0.364. The molecule has 0 spiro atoms. The molecule has 116 valence electrons. The number of sulfonamides is 2. The summed E-state index contributed by atoms with van der Waals surface area (Å²) < 4.78 is 50.2. The van der Waals surface area contributed by atoms with Crippen LogP contribution in [-0.4, -0.2) is 46.8 Å². The van der Waals surface area contributed by atoms with Gasteiger partial charge in [0.1, 0.15) is 6.54 Å². The van der Waals surface area contributed by atoms with Crippen molar-refractivity contribution in [3.63, 3.8) is 0 Å². The van der Waals surface area contributed by atoms with Crippen LogP contribution in [0.15, 0.2) is 29.2 Å². The highest BCUT2D eigenvalue weighted by atomic mass is 32.2. The lowest BCUT2D eigenvalue weighted by atomic mass is 10.3. The molecule has 10 heteroatoms. The zero-order valence-electron chi connectivity index (χ0n) is 10.9. The van der Waals surface area contributed by atoms with Crippen molar-refractivity contribution in [1.29, 1.82) is 0 Å². The number of hydrogen-bond acceptors (Lipinski definition) is 5. The molecule has 1 saturated heterocycles. The summed E-state index contributed by atoms with van der Waals surface area (Å²) in [5, 5.41) is 8.47. The van der Waals surface area contributed by atoms with Gasteiger partial charge >= 0.3 is 5.97 Å². The van der Waals surface area contributed by atoms with Crippen molar-refractivity contribution in [3.8, 4) is 0 Å². The van der Waals surface area contributed by atoms with Crippen LogP contribution in [0.2, 0.25) is 0 Å². The average Bonchev–Trinajstić information content (AvgIpc) is 2.76. The van der Waals surface area contributed by atoms with E-state index in [9.17, 15) is 21.6 Å². The van der Waals surface area contributed by atoms with Crippen molar-refractivity contribution in [3.05, 3.63) is 24.3 Å². The normalized spacial score (nSPS) is 17.8. The molecule has 0 aliphatic carbocycles. The Kier molecular flexibility index (Phi) is 4.21. The minimum absolute atomic E-state index is 0.0766. The number of aliphatic carboxylic acids is 1. The molecule has 8 nitrogen and oxygen atoms in total. The van der Waals surface area contributed by atoms with E-state index in [0.717, 1.165) is 0 Å². The SMILES string of the molecule is O=C(O)CNS(=O)(=O)c1ccc(N2CCCS2(=O)=O)cc1. The van der Waals surface area contributed by atoms with E-state index in [2.05, 4.69) is 0 Å². The van der Waals surface area contributed by atoms with Crippen molar-refractivity contribution >= 4 is 31.7 Å². The molecule has 0 radical (unpaired) electrons. The lowest BCUT2D eigenvalue weighted by molar-refractivity contribution is -0.135. The molecule has 1 aliphatic rings. The monoisotopic (exact) mass is 334 g/mol. The summed E-state index contributed by atoms with van der Waals surface area (Å²) in [4.78, 5) is 10.3. The molecule has 2 rings (SSSR count). The molecule has 0 atom stereocenters. The second kappa shape index (κ2) is 5.62. The Hall–Kier alpha value is -1.65. The van der Waals surface area contributed by atoms with Crippen LogP contribution in [0.5, 0.6) is 0 Å². The number of carboxylic acid groups (broad SMARTS) is 1. The van der Waals surface area contributed by atoms with Crippen molar-refractivity contribution in [2.24, 2.45) is 0 Å². The van der Waals surface area contributed by atoms with Gasteiger partial charge in [0.15, 0.2) is 0 Å². The highest BCUT2D eigenvalue weighted by molar-refractivity contribution is 7.93. The Morgan fingerprint density at radius 2 is 1.90 bits per heavy atom. The standard InChI is InChI=1S/C11H14N2O6S2/c14-11(15)8-12-21(18,19)10-4-2-9(3-5-10)13-6-1-7-20(13,16)17/h2-5,12H,1,6-8H2,(H,14,15). The first-order valence-electron chi connectivity index (χ1n) is 6.04. The molecule has 2 N–H and O–H groups in total. The molecule has 0 unspecified atom stereocenters. The number of nitrogens with one attached hydrogen (secondary N) is 1. The van der Waals surface area contributed by atoms with Gasteiger partial charge in [0.05, 0.1) is 16.3 Å². The van der Waals surface area contributed by atoms with E-state index in [1.807, 2.05) is 4.72 Å². The number of nitrogens with zero attached hydrogens (tertiary/aromatic N) is 1. The molecule has 1 aromatic rings. The highest BCUT2D eigenvalue weighted by Gasteiger charge is 2.28. The summed E-state index contributed by atoms with van der Waals surface area (Å²) in [7, 11) is -7.24. The fourth-order valence-corrected chi connectivity index (χ4v) is 4.50. The Morgan fingerprint density at radius 1 is 1.29 bits per heavy atom. The third kappa shape index (κ3) is 3.52. The van der Waals surface area contributed by atoms with Crippen LogP contribution >= 0.6 is 0 Å². The molecule has 0 aromatic heterocycles. The summed E-state index contributed by atoms with van der Waals surface area (Å²) in [6.45, 7) is -0.351. The van der Waals surface area contributed by atoms with Crippen LogP contribution in [0.25, 0.3) is 0 Å². The van der Waals surface area contributed by atoms with E-state index in [0.29, 0.717) is 18.7 Å². The van der Waals surface area contributed by atoms with Crippen molar-refractivity contribution in [2.75, 3.05) is 23.1 Å². The van der Waals surface area contributed by atoms with E-state index in [1.54, 1.807) is 0 Å². The largest absolute Gasteiger partial charge is 0.480 e. The van der Waals surface area contributed by atoms with Crippen LogP contribution in [0.4, 0.5) is 5.69 Å². The number of carbonyl (C=O) groups is 1. The quantitative estimate of drug-likeness (QED) is 0.755. The molecule has 1 aromatic carbocycles. The topological polar surface area (TPSA) is 121 Å². The Morgan fingerprint density at radius 3 is 2.38 bits per heavy atom. The van der Waals surface area contributed by atoms with Gasteiger partial charge in [-0.2, -0.15) is 4.72 Å². The summed E-state index contributed by atoms with van der Waals surface area (Å²) >= 11 is 0. The summed E-state index contributed by atoms with van der Waals surface area (Å²) in [6, 6.07) is 5.26. The summed E-state index contributed by atoms with van der Waals surface area (Å²) in [5.74, 6) is -1.22. The third-order valence-corrected chi connectivity index (χ3v) is 6.23. The van der Waals surface area contributed by atoms with Crippen LogP contribution < -0.4 is 9.03 Å². The number of rotatable bonds is 5. The van der Waals surface area contributed by atoms with Crippen molar-refractivity contribution < 1.29 is 26.7 Å². The first-order chi connectivity index (χ1) is 9.72. The zero-order valence-corrected chi connectivity index (χ0v) is 12.5. The molecular formula is C11H14N2O6S2. The summed E-state index contributed by atoms with van der Waals surface area (Å²) in [6.07, 6.45) is 0.530. The second-order valence-electron chi connectivity index (χ2n) is 4.45. The molecule has 0 saturated carbocycles. The lowest BCUT2D eigenvalue weighted by Gasteiger charge is -2.17. The summed E-state index contributed by atoms with van der Waals surface area (Å²) in [5.41, 5.74) is 0.393. The predicted molar refractivity (Wildman–Crippen MR) is 75.0 cm³/mol. The number of benzene rings is 1. The first-order valence-corrected chi connectivity index (χ1v) is 9.13. The maximum atomic E-state index is 11.8. The zero-order chi connectivity index (χ0) is 15.7. The molecule has 0 bridgehead atoms. The highest BCUT2D eigenvalue weighted by Crippen LogP contribution is 2.25.